The molecule has 6 N–H and O–H groups in total. The Kier molecular flexibility index (Phi) is 16.6. The predicted molar refractivity (Wildman–Crippen MR) is 221 cm³/mol. The number of nitrogens with one attached hydrogen (secondary N) is 1. The van der Waals surface area contributed by atoms with Gasteiger partial charge in [0.1, 0.15) is 29.3 Å². The first kappa shape index (κ1) is 48.6. The fourth-order valence-corrected chi connectivity index (χ4v) is 9.48. The molecule has 2 aromatic rings. The molecule has 0 saturated carbocycles. The first-order valence-corrected chi connectivity index (χ1v) is 21.9. The molecule has 2 bridgehead atoms. The lowest BCUT2D eigenvalue weighted by molar-refractivity contribution is -0.299. The summed E-state index contributed by atoms with van der Waals surface area (Å²) in [5.41, 5.74) is 1.11. The number of ether oxygens (including phenoxy) is 4. The molecule has 14 atom stereocenters. The molecular formula is C44H69N5O12. The number of cyclic esters (lactones) is 1. The average molecular weight is 860 g/mol. The Balaban J connectivity index is 1.33. The number of carbonyl (C=O) groups excluding carboxylic acids is 3. The van der Waals surface area contributed by atoms with E-state index in [4.69, 9.17) is 24.2 Å². The largest absolute Gasteiger partial charge is 0.459 e. The summed E-state index contributed by atoms with van der Waals surface area (Å²) in [6.45, 7) is 12.7. The average Bonchev–Trinajstić information content (AvgIpc) is 3.89. The number of unbranched alkanes of at least 4 members (excludes halogenated alkanes) is 3. The molecule has 0 radical (unpaired) electrons. The number of amides is 1. The number of likely N-dealkylation sites (N-methyl/N-ethyl adjacent to an activating group) is 1. The van der Waals surface area contributed by atoms with Crippen LogP contribution < -0.4 is 5.48 Å². The van der Waals surface area contributed by atoms with Gasteiger partial charge in [-0.2, -0.15) is 0 Å². The van der Waals surface area contributed by atoms with Gasteiger partial charge >= 0.3 is 5.97 Å². The monoisotopic (exact) mass is 859 g/mol. The highest BCUT2D eigenvalue weighted by molar-refractivity contribution is 5.84. The number of aliphatic hydroxyl groups is 4. The standard InChI is InChI=1S/C44H69N5O12/c1-9-34-44(7,56)39(54)26(3)37(52)30-21-43(6,58-24-30)40(27(4)36(51)28(5)41(55)60-34)61-42-38(53)33(20-25(2)59-42)48(8)22-29-16-13-14-17-31(29)32-23-49(47-45-32)19-15-11-10-12-18-35(50)46-57/h13-14,16-17,23,25-28,30,33-34,36,38-40,42,51,53-54,56-57H,9-12,15,18-22,24H2,1-8H3,(H,46,50)/t25-,26+,27+,28-,30+,33+,34-,36+,38-,39-,40-,42+,43-,44-/m1/s1. The van der Waals surface area contributed by atoms with E-state index in [1.807, 2.05) is 44.4 Å². The molecule has 3 fully saturated rings. The second-order valence-electron chi connectivity index (χ2n) is 18.2. The third kappa shape index (κ3) is 11.2. The van der Waals surface area contributed by atoms with E-state index >= 15 is 0 Å². The molecule has 3 aliphatic rings. The Morgan fingerprint density at radius 2 is 1.74 bits per heavy atom. The number of esters is 1. The molecular weight excluding hydrogens is 791 g/mol. The van der Waals surface area contributed by atoms with Gasteiger partial charge in [0, 0.05) is 48.9 Å². The van der Waals surface area contributed by atoms with Crippen molar-refractivity contribution >= 4 is 17.7 Å². The van der Waals surface area contributed by atoms with Crippen LogP contribution in [0.1, 0.15) is 105 Å². The molecule has 1 aromatic carbocycles. The van der Waals surface area contributed by atoms with E-state index in [-0.39, 0.29) is 43.7 Å². The maximum absolute atomic E-state index is 13.9. The normalized spacial score (nSPS) is 36.4. The number of aryl methyl sites for hydroxylation is 1. The molecule has 0 aliphatic carbocycles. The molecule has 3 aliphatic heterocycles. The fraction of sp³-hybridized carbons (Fsp3) is 0.750. The number of fused-ring (bicyclic) bond motifs is 2. The number of carbonyl (C=O) groups is 3. The van der Waals surface area contributed by atoms with E-state index in [0.29, 0.717) is 31.6 Å². The Labute approximate surface area is 359 Å². The van der Waals surface area contributed by atoms with Crippen molar-refractivity contribution in [1.29, 1.82) is 0 Å². The van der Waals surface area contributed by atoms with Gasteiger partial charge in [0.15, 0.2) is 6.29 Å². The number of hydroxylamine groups is 1. The molecule has 1 amide bonds. The van der Waals surface area contributed by atoms with Gasteiger partial charge in [-0.05, 0) is 72.4 Å². The van der Waals surface area contributed by atoms with Crippen LogP contribution in [0.3, 0.4) is 0 Å². The van der Waals surface area contributed by atoms with Crippen molar-refractivity contribution in [3.8, 4) is 11.3 Å². The SMILES string of the molecule is CC[C@H]1OC(=O)[C@H](C)[C@@H](O)[C@H](C)[C@@H](O[C@@H]2O[C@H](C)C[C@H](N(C)Cc3ccccc3-c3cn(CCCCCCC(=O)NO)nn3)[C@H]2O)[C@@]2(C)C[C@@H](CO2)C(=O)[C@H](C)[C@@H](O)[C@]1(C)O. The number of Topliss-reactive ketones (excluding diaryl/α,β-unsaturated/α-hetero) is 1. The van der Waals surface area contributed by atoms with Gasteiger partial charge in [-0.1, -0.05) is 63.1 Å². The van der Waals surface area contributed by atoms with Crippen LogP contribution in [0, 0.1) is 23.7 Å². The van der Waals surface area contributed by atoms with Crippen LogP contribution in [0.5, 0.6) is 0 Å². The summed E-state index contributed by atoms with van der Waals surface area (Å²) in [5, 5.41) is 64.0. The van der Waals surface area contributed by atoms with Crippen molar-refractivity contribution in [2.45, 2.75) is 173 Å². The number of aromatic nitrogens is 3. The number of rotatable bonds is 14. The summed E-state index contributed by atoms with van der Waals surface area (Å²) in [7, 11) is 1.93. The van der Waals surface area contributed by atoms with Gasteiger partial charge < -0.3 is 39.4 Å². The van der Waals surface area contributed by atoms with Gasteiger partial charge in [0.25, 0.3) is 0 Å². The van der Waals surface area contributed by atoms with Crippen LogP contribution in [0.2, 0.25) is 0 Å². The zero-order chi connectivity index (χ0) is 44.8. The number of nitrogens with zero attached hydrogens (tertiary/aromatic N) is 4. The van der Waals surface area contributed by atoms with E-state index in [2.05, 4.69) is 15.2 Å². The predicted octanol–water partition coefficient (Wildman–Crippen LogP) is 3.16. The Bertz CT molecular complexity index is 1770. The topological polar surface area (TPSA) is 235 Å². The fourth-order valence-electron chi connectivity index (χ4n) is 9.48. The van der Waals surface area contributed by atoms with E-state index in [9.17, 15) is 34.8 Å². The molecule has 61 heavy (non-hydrogen) atoms. The molecule has 4 heterocycles. The molecule has 0 spiro atoms. The van der Waals surface area contributed by atoms with Gasteiger partial charge in [-0.25, -0.2) is 5.48 Å². The number of benzene rings is 1. The van der Waals surface area contributed by atoms with Gasteiger partial charge in [0.05, 0.1) is 48.7 Å². The lowest BCUT2D eigenvalue weighted by atomic mass is 9.75. The second-order valence-corrected chi connectivity index (χ2v) is 18.2. The van der Waals surface area contributed by atoms with Crippen molar-refractivity contribution < 1.29 is 59.0 Å². The Hall–Kier alpha value is -3.39. The lowest BCUT2D eigenvalue weighted by Crippen LogP contribution is -2.59. The molecule has 1 aromatic heterocycles. The lowest BCUT2D eigenvalue weighted by Gasteiger charge is -2.47. The third-order valence-electron chi connectivity index (χ3n) is 13.4. The van der Waals surface area contributed by atoms with Crippen molar-refractivity contribution in [3.63, 3.8) is 0 Å². The number of ketones is 1. The summed E-state index contributed by atoms with van der Waals surface area (Å²) < 4.78 is 27.0. The van der Waals surface area contributed by atoms with E-state index < -0.39 is 83.7 Å². The molecule has 17 nitrogen and oxygen atoms in total. The summed E-state index contributed by atoms with van der Waals surface area (Å²) in [5.74, 6) is -5.05. The molecule has 17 heteroatoms. The van der Waals surface area contributed by atoms with Gasteiger partial charge in [0.2, 0.25) is 5.91 Å². The maximum Gasteiger partial charge on any atom is 0.311 e. The first-order chi connectivity index (χ1) is 28.8. The number of hydrogen-bond donors (Lipinski definition) is 6. The Morgan fingerprint density at radius 1 is 1.03 bits per heavy atom. The summed E-state index contributed by atoms with van der Waals surface area (Å²) in [6, 6.07) is 7.46. The van der Waals surface area contributed by atoms with Crippen LogP contribution in [0.4, 0.5) is 0 Å². The van der Waals surface area contributed by atoms with Crippen LogP contribution in [-0.2, 0) is 46.4 Å². The zero-order valence-corrected chi connectivity index (χ0v) is 37.0. The second kappa shape index (κ2) is 20.9. The van der Waals surface area contributed by atoms with E-state index in [1.54, 1.807) is 37.9 Å². The van der Waals surface area contributed by atoms with Crippen LogP contribution in [0.25, 0.3) is 11.3 Å². The molecule has 3 saturated heterocycles. The highest BCUT2D eigenvalue weighted by Gasteiger charge is 2.55. The van der Waals surface area contributed by atoms with Crippen molar-refractivity contribution in [1.82, 2.24) is 25.4 Å². The van der Waals surface area contributed by atoms with Gasteiger partial charge in [-0.15, -0.1) is 5.10 Å². The quantitative estimate of drug-likeness (QED) is 0.0693. The van der Waals surface area contributed by atoms with Crippen molar-refractivity contribution in [2.75, 3.05) is 13.7 Å². The van der Waals surface area contributed by atoms with Crippen molar-refractivity contribution in [2.24, 2.45) is 23.7 Å². The first-order valence-electron chi connectivity index (χ1n) is 21.9. The molecule has 0 unspecified atom stereocenters. The van der Waals surface area contributed by atoms with Gasteiger partial charge in [-0.3, -0.25) is 29.2 Å². The highest BCUT2D eigenvalue weighted by atomic mass is 16.7. The highest BCUT2D eigenvalue weighted by Crippen LogP contribution is 2.43. The smallest absolute Gasteiger partial charge is 0.311 e. The maximum atomic E-state index is 13.9. The summed E-state index contributed by atoms with van der Waals surface area (Å²) >= 11 is 0. The molecule has 342 valence electrons. The van der Waals surface area contributed by atoms with Crippen molar-refractivity contribution in [3.05, 3.63) is 36.0 Å². The summed E-state index contributed by atoms with van der Waals surface area (Å²) in [6.07, 6.45) is -1.38. The Morgan fingerprint density at radius 3 is 2.44 bits per heavy atom. The summed E-state index contributed by atoms with van der Waals surface area (Å²) in [4.78, 5) is 40.8. The van der Waals surface area contributed by atoms with E-state index in [1.165, 1.54) is 13.8 Å². The van der Waals surface area contributed by atoms with Crippen LogP contribution in [-0.4, -0.2) is 137 Å². The van der Waals surface area contributed by atoms with E-state index in [0.717, 1.165) is 30.4 Å². The minimum Gasteiger partial charge on any atom is -0.459 e. The zero-order valence-electron chi connectivity index (χ0n) is 37.0. The van der Waals surface area contributed by atoms with Crippen LogP contribution in [0.15, 0.2) is 30.5 Å². The minimum absolute atomic E-state index is 0.00973. The molecule has 5 rings (SSSR count). The minimum atomic E-state index is -1.95. The number of aliphatic hydroxyl groups excluding tert-OH is 3. The third-order valence-corrected chi connectivity index (χ3v) is 13.4. The van der Waals surface area contributed by atoms with Crippen LogP contribution >= 0.6 is 0 Å². The number of hydrogen-bond acceptors (Lipinski definition) is 15.